The Morgan fingerprint density at radius 1 is 0.848 bits per heavy atom. The third kappa shape index (κ3) is 4.60. The third-order valence-corrected chi connectivity index (χ3v) is 5.22. The lowest BCUT2D eigenvalue weighted by atomic mass is 10.0. The van der Waals surface area contributed by atoms with Crippen LogP contribution in [0.3, 0.4) is 0 Å². The topological polar surface area (TPSA) is 67.9 Å². The van der Waals surface area contributed by atoms with Gasteiger partial charge in [-0.15, -0.1) is 0 Å². The van der Waals surface area contributed by atoms with Crippen molar-refractivity contribution in [2.45, 2.75) is 26.9 Å². The minimum atomic E-state index is -0.404. The summed E-state index contributed by atoms with van der Waals surface area (Å²) < 4.78 is 10.9. The van der Waals surface area contributed by atoms with Crippen LogP contribution in [-0.2, 0) is 9.59 Å². The number of anilines is 2. The Hall–Kier alpha value is -4.06. The summed E-state index contributed by atoms with van der Waals surface area (Å²) in [5.74, 6) is 0.620. The molecular formula is C27H26N2O4. The molecule has 0 fully saturated rings. The van der Waals surface area contributed by atoms with Crippen LogP contribution in [0.1, 0.15) is 25.0 Å². The Balaban J connectivity index is 1.76. The van der Waals surface area contributed by atoms with Crippen molar-refractivity contribution in [2.75, 3.05) is 17.3 Å². The summed E-state index contributed by atoms with van der Waals surface area (Å²) in [5.41, 5.74) is 3.35. The van der Waals surface area contributed by atoms with Gasteiger partial charge in [0.25, 0.3) is 11.8 Å². The van der Waals surface area contributed by atoms with Crippen LogP contribution < -0.4 is 19.7 Å². The Morgan fingerprint density at radius 2 is 1.52 bits per heavy atom. The van der Waals surface area contributed by atoms with Gasteiger partial charge in [0.1, 0.15) is 17.2 Å². The zero-order chi connectivity index (χ0) is 23.5. The molecule has 6 nitrogen and oxygen atoms in total. The van der Waals surface area contributed by atoms with E-state index in [0.717, 1.165) is 5.56 Å². The van der Waals surface area contributed by atoms with Crippen molar-refractivity contribution in [1.82, 2.24) is 0 Å². The number of nitrogens with one attached hydrogen (secondary N) is 1. The number of carbonyl (C=O) groups excluding carboxylic acids is 2. The van der Waals surface area contributed by atoms with Crippen LogP contribution in [0.2, 0.25) is 0 Å². The van der Waals surface area contributed by atoms with E-state index < -0.39 is 5.91 Å². The first-order valence-electron chi connectivity index (χ1n) is 10.8. The summed E-state index contributed by atoms with van der Waals surface area (Å²) in [4.78, 5) is 28.2. The molecule has 3 aromatic rings. The van der Waals surface area contributed by atoms with Gasteiger partial charge in [0.15, 0.2) is 0 Å². The van der Waals surface area contributed by atoms with Crippen molar-refractivity contribution < 1.29 is 19.1 Å². The van der Waals surface area contributed by atoms with Gasteiger partial charge in [-0.25, -0.2) is 4.90 Å². The molecule has 2 amide bonds. The highest BCUT2D eigenvalue weighted by Crippen LogP contribution is 2.35. The van der Waals surface area contributed by atoms with Crippen molar-refractivity contribution >= 4 is 28.8 Å². The molecule has 0 saturated carbocycles. The summed E-state index contributed by atoms with van der Waals surface area (Å²) in [7, 11) is 1.59. The molecule has 3 aromatic carbocycles. The Bertz CT molecular complexity index is 1210. The molecule has 0 aliphatic carbocycles. The predicted molar refractivity (Wildman–Crippen MR) is 129 cm³/mol. The van der Waals surface area contributed by atoms with Gasteiger partial charge in [-0.05, 0) is 80.4 Å². The molecule has 0 saturated heterocycles. The van der Waals surface area contributed by atoms with Crippen LogP contribution in [0.4, 0.5) is 11.4 Å². The van der Waals surface area contributed by atoms with E-state index in [-0.39, 0.29) is 17.7 Å². The standard InChI is InChI=1S/C27H26N2O4/c1-17(2)33-23-12-8-19(9-13-23)24-25(28-20-10-14-22(32-4)15-11-20)27(31)29(26(24)30)21-7-5-6-18(3)16-21/h5-17,28H,1-4H3. The first-order chi connectivity index (χ1) is 15.9. The van der Waals surface area contributed by atoms with E-state index in [1.54, 1.807) is 61.7 Å². The molecule has 0 spiro atoms. The number of hydrogen-bond acceptors (Lipinski definition) is 5. The van der Waals surface area contributed by atoms with Gasteiger partial charge in [-0.3, -0.25) is 9.59 Å². The maximum Gasteiger partial charge on any atom is 0.282 e. The molecule has 6 heteroatoms. The van der Waals surface area contributed by atoms with E-state index in [2.05, 4.69) is 5.32 Å². The van der Waals surface area contributed by atoms with Crippen molar-refractivity contribution in [3.05, 3.63) is 89.6 Å². The zero-order valence-corrected chi connectivity index (χ0v) is 19.1. The van der Waals surface area contributed by atoms with E-state index >= 15 is 0 Å². The summed E-state index contributed by atoms with van der Waals surface area (Å²) in [6, 6.07) is 21.7. The SMILES string of the molecule is COc1ccc(NC2=C(c3ccc(OC(C)C)cc3)C(=O)N(c3cccc(C)c3)C2=O)cc1. The molecular weight excluding hydrogens is 416 g/mol. The lowest BCUT2D eigenvalue weighted by molar-refractivity contribution is -0.120. The second-order valence-electron chi connectivity index (χ2n) is 8.08. The molecule has 0 aromatic heterocycles. The van der Waals surface area contributed by atoms with Crippen LogP contribution in [-0.4, -0.2) is 25.0 Å². The summed E-state index contributed by atoms with van der Waals surface area (Å²) in [5, 5.41) is 3.16. The second kappa shape index (κ2) is 9.20. The number of imide groups is 1. The molecule has 0 bridgehead atoms. The molecule has 1 N–H and O–H groups in total. The summed E-state index contributed by atoms with van der Waals surface area (Å²) in [6.07, 6.45) is 0.0360. The smallest absolute Gasteiger partial charge is 0.282 e. The Labute approximate surface area is 193 Å². The summed E-state index contributed by atoms with van der Waals surface area (Å²) in [6.45, 7) is 5.82. The lowest BCUT2D eigenvalue weighted by Gasteiger charge is -2.16. The first kappa shape index (κ1) is 22.1. The van der Waals surface area contributed by atoms with Gasteiger partial charge < -0.3 is 14.8 Å². The molecule has 1 heterocycles. The normalized spacial score (nSPS) is 13.7. The number of benzene rings is 3. The highest BCUT2D eigenvalue weighted by molar-refractivity contribution is 6.46. The largest absolute Gasteiger partial charge is 0.497 e. The van der Waals surface area contributed by atoms with Crippen molar-refractivity contribution in [1.29, 1.82) is 0 Å². The Morgan fingerprint density at radius 3 is 2.12 bits per heavy atom. The number of methoxy groups -OCH3 is 1. The Kier molecular flexibility index (Phi) is 6.18. The molecule has 0 unspecified atom stereocenters. The second-order valence-corrected chi connectivity index (χ2v) is 8.08. The highest BCUT2D eigenvalue weighted by atomic mass is 16.5. The average molecular weight is 443 g/mol. The lowest BCUT2D eigenvalue weighted by Crippen LogP contribution is -2.32. The van der Waals surface area contributed by atoms with Crippen LogP contribution in [0, 0.1) is 6.92 Å². The highest BCUT2D eigenvalue weighted by Gasteiger charge is 2.40. The van der Waals surface area contributed by atoms with E-state index in [0.29, 0.717) is 34.0 Å². The summed E-state index contributed by atoms with van der Waals surface area (Å²) >= 11 is 0. The van der Waals surface area contributed by atoms with Crippen molar-refractivity contribution in [3.8, 4) is 11.5 Å². The average Bonchev–Trinajstić information content (AvgIpc) is 3.04. The fourth-order valence-corrected chi connectivity index (χ4v) is 3.71. The first-order valence-corrected chi connectivity index (χ1v) is 10.8. The number of ether oxygens (including phenoxy) is 2. The van der Waals surface area contributed by atoms with Crippen LogP contribution in [0.25, 0.3) is 5.57 Å². The molecule has 0 radical (unpaired) electrons. The predicted octanol–water partition coefficient (Wildman–Crippen LogP) is 5.19. The number of nitrogens with zero attached hydrogens (tertiary/aromatic N) is 1. The van der Waals surface area contributed by atoms with E-state index in [9.17, 15) is 9.59 Å². The van der Waals surface area contributed by atoms with E-state index in [1.165, 1.54) is 4.90 Å². The van der Waals surface area contributed by atoms with E-state index in [1.807, 2.05) is 39.0 Å². The maximum atomic E-state index is 13.5. The zero-order valence-electron chi connectivity index (χ0n) is 19.1. The van der Waals surface area contributed by atoms with Crippen LogP contribution >= 0.6 is 0 Å². The molecule has 1 aliphatic rings. The van der Waals surface area contributed by atoms with Gasteiger partial charge in [0.2, 0.25) is 0 Å². The van der Waals surface area contributed by atoms with Gasteiger partial charge in [0, 0.05) is 5.69 Å². The minimum absolute atomic E-state index is 0.0360. The van der Waals surface area contributed by atoms with Gasteiger partial charge in [-0.1, -0.05) is 24.3 Å². The fraction of sp³-hybridized carbons (Fsp3) is 0.185. The van der Waals surface area contributed by atoms with E-state index in [4.69, 9.17) is 9.47 Å². The van der Waals surface area contributed by atoms with Crippen molar-refractivity contribution in [2.24, 2.45) is 0 Å². The maximum absolute atomic E-state index is 13.5. The van der Waals surface area contributed by atoms with Crippen LogP contribution in [0.15, 0.2) is 78.5 Å². The third-order valence-electron chi connectivity index (χ3n) is 5.22. The number of rotatable bonds is 7. The number of amides is 2. The molecule has 4 rings (SSSR count). The van der Waals surface area contributed by atoms with Gasteiger partial charge in [0.05, 0.1) is 24.5 Å². The molecule has 0 atom stereocenters. The van der Waals surface area contributed by atoms with Crippen molar-refractivity contribution in [3.63, 3.8) is 0 Å². The van der Waals surface area contributed by atoms with Gasteiger partial charge >= 0.3 is 0 Å². The number of aryl methyl sites for hydroxylation is 1. The molecule has 33 heavy (non-hydrogen) atoms. The number of hydrogen-bond donors (Lipinski definition) is 1. The number of carbonyl (C=O) groups is 2. The van der Waals surface area contributed by atoms with Gasteiger partial charge in [-0.2, -0.15) is 0 Å². The minimum Gasteiger partial charge on any atom is -0.497 e. The molecule has 168 valence electrons. The monoisotopic (exact) mass is 442 g/mol. The van der Waals surface area contributed by atoms with Crippen LogP contribution in [0.5, 0.6) is 11.5 Å². The quantitative estimate of drug-likeness (QED) is 0.510. The molecule has 1 aliphatic heterocycles. The fourth-order valence-electron chi connectivity index (χ4n) is 3.71.